The summed E-state index contributed by atoms with van der Waals surface area (Å²) in [5.41, 5.74) is 0.576. The lowest BCUT2D eigenvalue weighted by Gasteiger charge is -2.37. The minimum absolute atomic E-state index is 0.128. The van der Waals surface area contributed by atoms with Gasteiger partial charge >= 0.3 is 5.97 Å². The lowest BCUT2D eigenvalue weighted by atomic mass is 9.70. The summed E-state index contributed by atoms with van der Waals surface area (Å²) in [7, 11) is 0. The second-order valence-corrected chi connectivity index (χ2v) is 11.1. The zero-order chi connectivity index (χ0) is 27.6. The second kappa shape index (κ2) is 11.8. The number of ether oxygens (including phenoxy) is 2. The summed E-state index contributed by atoms with van der Waals surface area (Å²) in [4.78, 5) is 46.4. The van der Waals surface area contributed by atoms with E-state index in [0.717, 1.165) is 18.8 Å². The van der Waals surface area contributed by atoms with Gasteiger partial charge in [0, 0.05) is 49.0 Å². The van der Waals surface area contributed by atoms with Gasteiger partial charge in [-0.25, -0.2) is 0 Å². The first-order valence-electron chi connectivity index (χ1n) is 13.5. The van der Waals surface area contributed by atoms with E-state index in [2.05, 4.69) is 41.3 Å². The molecule has 9 nitrogen and oxygen atoms in total. The summed E-state index contributed by atoms with van der Waals surface area (Å²) in [5.74, 6) is -2.68. The smallest absolute Gasteiger partial charge is 0.312 e. The van der Waals surface area contributed by atoms with Gasteiger partial charge in [-0.15, -0.1) is 6.58 Å². The highest BCUT2D eigenvalue weighted by Crippen LogP contribution is 2.60. The molecule has 2 bridgehead atoms. The molecule has 1 spiro atoms. The van der Waals surface area contributed by atoms with Crippen molar-refractivity contribution >= 4 is 45.1 Å². The van der Waals surface area contributed by atoms with Crippen LogP contribution in [-0.2, 0) is 23.9 Å². The fraction of sp³-hybridized carbons (Fsp3) is 0.607. The Hall–Kier alpha value is -2.43. The Kier molecular flexibility index (Phi) is 8.84. The van der Waals surface area contributed by atoms with Crippen molar-refractivity contribution in [1.82, 2.24) is 4.90 Å². The fourth-order valence-electron chi connectivity index (χ4n) is 6.43. The van der Waals surface area contributed by atoms with Gasteiger partial charge in [0.15, 0.2) is 0 Å². The number of carbonyl (C=O) groups excluding carboxylic acids is 3. The number of anilines is 2. The molecule has 10 heteroatoms. The monoisotopic (exact) mass is 591 g/mol. The van der Waals surface area contributed by atoms with Gasteiger partial charge in [0.25, 0.3) is 5.91 Å². The predicted molar refractivity (Wildman–Crippen MR) is 148 cm³/mol. The van der Waals surface area contributed by atoms with Crippen LogP contribution in [0.15, 0.2) is 36.9 Å². The maximum Gasteiger partial charge on any atom is 0.312 e. The third kappa shape index (κ3) is 4.64. The van der Waals surface area contributed by atoms with E-state index in [4.69, 9.17) is 9.47 Å². The molecule has 2 amide bonds. The maximum atomic E-state index is 14.4. The number of likely N-dealkylation sites (tertiary alicyclic amines) is 1. The zero-order valence-electron chi connectivity index (χ0n) is 22.3. The standard InChI is InChI=1S/C28H38BrN3O6/c1-5-14-31(19-12-10-18(11-13-19)30(6-2)7-3)26(35)24-28-17-20(29)23(38-28)21(27(36)37-8-4)22(28)25(34)32(24)15-9-16-33/h5,10-13,20-24,33H,1,6-9,14-17H2,2-4H3/t20?,21-,22-,23-,24?,28?/m0/s1. The number of aliphatic hydroxyl groups excluding tert-OH is 1. The molecule has 0 aromatic heterocycles. The van der Waals surface area contributed by atoms with E-state index >= 15 is 0 Å². The lowest BCUT2D eigenvalue weighted by molar-refractivity contribution is -0.154. The van der Waals surface area contributed by atoms with Crippen molar-refractivity contribution in [2.75, 3.05) is 49.2 Å². The number of nitrogens with zero attached hydrogens (tertiary/aromatic N) is 3. The van der Waals surface area contributed by atoms with Crippen LogP contribution in [0.2, 0.25) is 0 Å². The van der Waals surface area contributed by atoms with Gasteiger partial charge in [-0.05, 0) is 57.9 Å². The van der Waals surface area contributed by atoms with E-state index in [1.165, 1.54) is 4.90 Å². The van der Waals surface area contributed by atoms with Crippen LogP contribution in [0, 0.1) is 11.8 Å². The molecular weight excluding hydrogens is 554 g/mol. The lowest BCUT2D eigenvalue weighted by Crippen LogP contribution is -2.57. The summed E-state index contributed by atoms with van der Waals surface area (Å²) < 4.78 is 11.8. The van der Waals surface area contributed by atoms with Crippen LogP contribution in [0.25, 0.3) is 0 Å². The molecule has 38 heavy (non-hydrogen) atoms. The van der Waals surface area contributed by atoms with Crippen LogP contribution >= 0.6 is 15.9 Å². The summed E-state index contributed by atoms with van der Waals surface area (Å²) in [6, 6.07) is 6.83. The summed E-state index contributed by atoms with van der Waals surface area (Å²) in [5, 5.41) is 9.54. The molecule has 1 aromatic carbocycles. The van der Waals surface area contributed by atoms with Crippen molar-refractivity contribution in [3.63, 3.8) is 0 Å². The van der Waals surface area contributed by atoms with E-state index in [0.29, 0.717) is 18.5 Å². The van der Waals surface area contributed by atoms with E-state index in [1.54, 1.807) is 17.9 Å². The van der Waals surface area contributed by atoms with Crippen LogP contribution in [0.3, 0.4) is 0 Å². The molecule has 0 saturated carbocycles. The molecular formula is C28H38BrN3O6. The molecule has 3 heterocycles. The highest BCUT2D eigenvalue weighted by Gasteiger charge is 2.77. The van der Waals surface area contributed by atoms with Gasteiger partial charge in [-0.3, -0.25) is 14.4 Å². The van der Waals surface area contributed by atoms with Gasteiger partial charge in [-0.2, -0.15) is 0 Å². The first kappa shape index (κ1) is 28.6. The molecule has 0 radical (unpaired) electrons. The number of carbonyl (C=O) groups is 3. The summed E-state index contributed by atoms with van der Waals surface area (Å²) >= 11 is 3.66. The van der Waals surface area contributed by atoms with Gasteiger partial charge < -0.3 is 29.3 Å². The fourth-order valence-corrected chi connectivity index (χ4v) is 7.37. The summed E-state index contributed by atoms with van der Waals surface area (Å²) in [6.45, 7) is 12.0. The number of esters is 1. The van der Waals surface area contributed by atoms with Gasteiger partial charge in [0.2, 0.25) is 5.91 Å². The quantitative estimate of drug-likeness (QED) is 0.227. The molecule has 3 unspecified atom stereocenters. The van der Waals surface area contributed by atoms with Crippen LogP contribution in [0.5, 0.6) is 0 Å². The van der Waals surface area contributed by atoms with E-state index in [1.807, 2.05) is 24.3 Å². The molecule has 3 saturated heterocycles. The SMILES string of the molecule is C=CCN(C(=O)C1N(CCCO)C(=O)[C@@H]2[C@H](C(=O)OCC)[C@H]3OC12CC3Br)c1ccc(N(CC)CC)cc1. The van der Waals surface area contributed by atoms with E-state index in [9.17, 15) is 19.5 Å². The van der Waals surface area contributed by atoms with Crippen molar-refractivity contribution in [2.45, 2.75) is 56.2 Å². The Labute approximate surface area is 232 Å². The summed E-state index contributed by atoms with van der Waals surface area (Å²) in [6.07, 6.45) is 1.82. The van der Waals surface area contributed by atoms with Crippen LogP contribution < -0.4 is 9.80 Å². The van der Waals surface area contributed by atoms with Crippen LogP contribution in [0.4, 0.5) is 11.4 Å². The highest BCUT2D eigenvalue weighted by atomic mass is 79.9. The van der Waals surface area contributed by atoms with Gasteiger partial charge in [-0.1, -0.05) is 22.0 Å². The Balaban J connectivity index is 1.74. The minimum atomic E-state index is -1.17. The highest BCUT2D eigenvalue weighted by molar-refractivity contribution is 9.09. The van der Waals surface area contributed by atoms with Crippen molar-refractivity contribution in [3.8, 4) is 0 Å². The molecule has 1 N–H and O–H groups in total. The second-order valence-electron chi connectivity index (χ2n) is 9.95. The largest absolute Gasteiger partial charge is 0.466 e. The van der Waals surface area contributed by atoms with Crippen molar-refractivity contribution in [2.24, 2.45) is 11.8 Å². The van der Waals surface area contributed by atoms with Crippen molar-refractivity contribution in [1.29, 1.82) is 0 Å². The molecule has 208 valence electrons. The number of alkyl halides is 1. The topological polar surface area (TPSA) is 99.6 Å². The third-order valence-electron chi connectivity index (χ3n) is 8.01. The van der Waals surface area contributed by atoms with Crippen molar-refractivity contribution in [3.05, 3.63) is 36.9 Å². The normalized spacial score (nSPS) is 29.3. The maximum absolute atomic E-state index is 14.4. The predicted octanol–water partition coefficient (Wildman–Crippen LogP) is 2.75. The molecule has 3 aliphatic rings. The third-order valence-corrected chi connectivity index (χ3v) is 8.85. The number of benzene rings is 1. The molecule has 0 aliphatic carbocycles. The zero-order valence-corrected chi connectivity index (χ0v) is 23.9. The first-order chi connectivity index (χ1) is 18.3. The van der Waals surface area contributed by atoms with E-state index in [-0.39, 0.29) is 42.9 Å². The number of fused-ring (bicyclic) bond motifs is 1. The van der Waals surface area contributed by atoms with Crippen molar-refractivity contribution < 1.29 is 29.0 Å². The first-order valence-corrected chi connectivity index (χ1v) is 14.4. The number of amides is 2. The van der Waals surface area contributed by atoms with Crippen LogP contribution in [-0.4, -0.2) is 89.8 Å². The minimum Gasteiger partial charge on any atom is -0.466 e. The molecule has 3 fully saturated rings. The molecule has 3 aliphatic heterocycles. The van der Waals surface area contributed by atoms with Gasteiger partial charge in [0.1, 0.15) is 11.6 Å². The number of aliphatic hydroxyl groups is 1. The molecule has 1 aromatic rings. The number of hydrogen-bond donors (Lipinski definition) is 1. The Morgan fingerprint density at radius 1 is 1.24 bits per heavy atom. The number of rotatable bonds is 12. The molecule has 6 atom stereocenters. The van der Waals surface area contributed by atoms with Gasteiger partial charge in [0.05, 0.1) is 24.5 Å². The Morgan fingerprint density at radius 3 is 2.47 bits per heavy atom. The average molecular weight is 593 g/mol. The average Bonchev–Trinajstić information content (AvgIpc) is 3.50. The number of hydrogen-bond acceptors (Lipinski definition) is 7. The van der Waals surface area contributed by atoms with Crippen LogP contribution in [0.1, 0.15) is 33.6 Å². The Morgan fingerprint density at radius 2 is 1.89 bits per heavy atom. The Bertz CT molecular complexity index is 1050. The number of halogens is 1. The molecule has 4 rings (SSSR count). The van der Waals surface area contributed by atoms with E-state index < -0.39 is 35.6 Å².